The topological polar surface area (TPSA) is 42.7 Å². The Hall–Kier alpha value is -0.720. The number of hydrogen-bond donors (Lipinski definition) is 1. The van der Waals surface area contributed by atoms with Crippen LogP contribution in [0.4, 0.5) is 0 Å². The van der Waals surface area contributed by atoms with Crippen LogP contribution in [0.1, 0.15) is 23.7 Å². The lowest BCUT2D eigenvalue weighted by atomic mass is 10.2. The third kappa shape index (κ3) is 3.37. The van der Waals surface area contributed by atoms with Crippen LogP contribution in [0.5, 0.6) is 0 Å². The van der Waals surface area contributed by atoms with Crippen molar-refractivity contribution in [1.82, 2.24) is 20.1 Å². The summed E-state index contributed by atoms with van der Waals surface area (Å²) in [4.78, 5) is 1.34. The number of thiophene rings is 1. The largest absolute Gasteiger partial charge is 0.321 e. The first-order valence-corrected chi connectivity index (χ1v) is 7.09. The number of nitrogens with one attached hydrogen (secondary N) is 1. The van der Waals surface area contributed by atoms with Gasteiger partial charge in [-0.25, -0.2) is 0 Å². The van der Waals surface area contributed by atoms with Crippen molar-refractivity contribution in [3.63, 3.8) is 0 Å². The highest BCUT2D eigenvalue weighted by Crippen LogP contribution is 2.26. The number of nitrogens with zero attached hydrogens (tertiary/aromatic N) is 3. The third-order valence-electron chi connectivity index (χ3n) is 2.63. The van der Waals surface area contributed by atoms with Gasteiger partial charge in [-0.2, -0.15) is 0 Å². The first-order chi connectivity index (χ1) is 8.16. The molecule has 0 fully saturated rings. The van der Waals surface area contributed by atoms with Crippen LogP contribution in [0.15, 0.2) is 22.2 Å². The van der Waals surface area contributed by atoms with Crippen molar-refractivity contribution in [1.29, 1.82) is 0 Å². The molecule has 0 bridgehead atoms. The lowest BCUT2D eigenvalue weighted by molar-refractivity contribution is 0.571. The highest BCUT2D eigenvalue weighted by atomic mass is 79.9. The van der Waals surface area contributed by atoms with Crippen LogP contribution in [-0.4, -0.2) is 21.3 Å². The summed E-state index contributed by atoms with van der Waals surface area (Å²) >= 11 is 5.25. The van der Waals surface area contributed by atoms with Crippen LogP contribution in [0.2, 0.25) is 0 Å². The lowest BCUT2D eigenvalue weighted by Crippen LogP contribution is -2.21. The SMILES string of the molecule is CC(NCCc1nncn1C)c1ccc(Br)s1. The van der Waals surface area contributed by atoms with E-state index in [-0.39, 0.29) is 0 Å². The van der Waals surface area contributed by atoms with E-state index in [1.807, 2.05) is 11.6 Å². The molecule has 0 saturated heterocycles. The fraction of sp³-hybridized carbons (Fsp3) is 0.455. The Kier molecular flexibility index (Phi) is 4.31. The molecule has 2 heterocycles. The van der Waals surface area contributed by atoms with E-state index in [0.717, 1.165) is 18.8 Å². The second-order valence-corrected chi connectivity index (χ2v) is 6.42. The van der Waals surface area contributed by atoms with Gasteiger partial charge in [0.2, 0.25) is 0 Å². The van der Waals surface area contributed by atoms with Crippen LogP contribution in [-0.2, 0) is 13.5 Å². The minimum atomic E-state index is 0.375. The average Bonchev–Trinajstić information content (AvgIpc) is 2.88. The molecule has 0 aliphatic heterocycles. The predicted molar refractivity (Wildman–Crippen MR) is 73.1 cm³/mol. The third-order valence-corrected chi connectivity index (χ3v) is 4.43. The maximum absolute atomic E-state index is 4.06. The van der Waals surface area contributed by atoms with Gasteiger partial charge in [0.1, 0.15) is 12.2 Å². The van der Waals surface area contributed by atoms with Gasteiger partial charge in [0.25, 0.3) is 0 Å². The van der Waals surface area contributed by atoms with Crippen molar-refractivity contribution < 1.29 is 0 Å². The van der Waals surface area contributed by atoms with Crippen molar-refractivity contribution in [3.05, 3.63) is 32.9 Å². The maximum Gasteiger partial charge on any atom is 0.133 e. The van der Waals surface area contributed by atoms with Crippen LogP contribution in [0, 0.1) is 0 Å². The molecular formula is C11H15BrN4S. The normalized spacial score (nSPS) is 12.9. The number of aryl methyl sites for hydroxylation is 1. The molecule has 0 aliphatic rings. The Labute approximate surface area is 113 Å². The zero-order chi connectivity index (χ0) is 12.3. The van der Waals surface area contributed by atoms with Crippen LogP contribution >= 0.6 is 27.3 Å². The summed E-state index contributed by atoms with van der Waals surface area (Å²) in [5.41, 5.74) is 0. The van der Waals surface area contributed by atoms with E-state index in [4.69, 9.17) is 0 Å². The Bertz CT molecular complexity index is 479. The van der Waals surface area contributed by atoms with Gasteiger partial charge in [-0.05, 0) is 35.0 Å². The summed E-state index contributed by atoms with van der Waals surface area (Å²) in [6.07, 6.45) is 2.63. The van der Waals surface area contributed by atoms with E-state index in [9.17, 15) is 0 Å². The molecule has 1 atom stereocenters. The first kappa shape index (κ1) is 12.7. The van der Waals surface area contributed by atoms with Crippen LogP contribution < -0.4 is 5.32 Å². The molecule has 2 aromatic rings. The van der Waals surface area contributed by atoms with Gasteiger partial charge in [-0.3, -0.25) is 0 Å². The molecule has 0 aromatic carbocycles. The predicted octanol–water partition coefficient (Wildman–Crippen LogP) is 2.53. The highest BCUT2D eigenvalue weighted by molar-refractivity contribution is 9.11. The quantitative estimate of drug-likeness (QED) is 0.922. The van der Waals surface area contributed by atoms with Gasteiger partial charge in [0, 0.05) is 30.9 Å². The minimum absolute atomic E-state index is 0.375. The molecule has 0 amide bonds. The van der Waals surface area contributed by atoms with Crippen molar-refractivity contribution in [2.24, 2.45) is 7.05 Å². The summed E-state index contributed by atoms with van der Waals surface area (Å²) in [5.74, 6) is 1.01. The molecule has 6 heteroatoms. The van der Waals surface area contributed by atoms with E-state index < -0.39 is 0 Å². The smallest absolute Gasteiger partial charge is 0.133 e. The van der Waals surface area contributed by atoms with Gasteiger partial charge in [0.15, 0.2) is 0 Å². The fourth-order valence-corrected chi connectivity index (χ4v) is 3.05. The molecule has 17 heavy (non-hydrogen) atoms. The molecule has 4 nitrogen and oxygen atoms in total. The van der Waals surface area contributed by atoms with Gasteiger partial charge in [-0.15, -0.1) is 21.5 Å². The number of rotatable bonds is 5. The van der Waals surface area contributed by atoms with Gasteiger partial charge < -0.3 is 9.88 Å². The van der Waals surface area contributed by atoms with Crippen molar-refractivity contribution in [3.8, 4) is 0 Å². The van der Waals surface area contributed by atoms with Gasteiger partial charge in [0.05, 0.1) is 3.79 Å². The number of halogens is 1. The second kappa shape index (κ2) is 5.75. The lowest BCUT2D eigenvalue weighted by Gasteiger charge is -2.11. The molecule has 0 aliphatic carbocycles. The summed E-state index contributed by atoms with van der Waals surface area (Å²) < 4.78 is 3.13. The molecule has 2 aromatic heterocycles. The summed E-state index contributed by atoms with van der Waals surface area (Å²) in [5, 5.41) is 11.4. The molecular weight excluding hydrogens is 300 g/mol. The Balaban J connectivity index is 1.81. The van der Waals surface area contributed by atoms with Crippen molar-refractivity contribution in [2.75, 3.05) is 6.54 Å². The minimum Gasteiger partial charge on any atom is -0.321 e. The monoisotopic (exact) mass is 314 g/mol. The Morgan fingerprint density at radius 1 is 1.53 bits per heavy atom. The zero-order valence-corrected chi connectivity index (χ0v) is 12.3. The maximum atomic E-state index is 4.06. The molecule has 2 rings (SSSR count). The second-order valence-electron chi connectivity index (χ2n) is 3.93. The zero-order valence-electron chi connectivity index (χ0n) is 9.85. The summed E-state index contributed by atoms with van der Waals surface area (Å²) in [6.45, 7) is 3.08. The standard InChI is InChI=1S/C11H15BrN4S/c1-8(9-3-4-10(12)17-9)13-6-5-11-15-14-7-16(11)2/h3-4,7-8,13H,5-6H2,1-2H3. The summed E-state index contributed by atoms with van der Waals surface area (Å²) in [6, 6.07) is 4.61. The molecule has 0 spiro atoms. The van der Waals surface area contributed by atoms with Crippen molar-refractivity contribution in [2.45, 2.75) is 19.4 Å². The van der Waals surface area contributed by atoms with E-state index in [0.29, 0.717) is 6.04 Å². The van der Waals surface area contributed by atoms with Crippen molar-refractivity contribution >= 4 is 27.3 Å². The molecule has 92 valence electrons. The number of aromatic nitrogens is 3. The average molecular weight is 315 g/mol. The van der Waals surface area contributed by atoms with Gasteiger partial charge in [-0.1, -0.05) is 0 Å². The Morgan fingerprint density at radius 2 is 2.35 bits per heavy atom. The summed E-state index contributed by atoms with van der Waals surface area (Å²) in [7, 11) is 1.97. The molecule has 1 unspecified atom stereocenters. The van der Waals surface area contributed by atoms with E-state index in [1.165, 1.54) is 8.66 Å². The molecule has 0 saturated carbocycles. The number of hydrogen-bond acceptors (Lipinski definition) is 4. The van der Waals surface area contributed by atoms with Gasteiger partial charge >= 0.3 is 0 Å². The first-order valence-electron chi connectivity index (χ1n) is 5.48. The molecule has 1 N–H and O–H groups in total. The Morgan fingerprint density at radius 3 is 2.94 bits per heavy atom. The van der Waals surface area contributed by atoms with E-state index in [1.54, 1.807) is 17.7 Å². The fourth-order valence-electron chi connectivity index (χ4n) is 1.60. The van der Waals surface area contributed by atoms with E-state index in [2.05, 4.69) is 50.5 Å². The van der Waals surface area contributed by atoms with Crippen LogP contribution in [0.25, 0.3) is 0 Å². The highest BCUT2D eigenvalue weighted by Gasteiger charge is 2.08. The molecule has 0 radical (unpaired) electrons. The van der Waals surface area contributed by atoms with E-state index >= 15 is 0 Å². The van der Waals surface area contributed by atoms with Crippen LogP contribution in [0.3, 0.4) is 0 Å².